The maximum absolute atomic E-state index is 12.2. The molecule has 2 aromatic carbocycles. The molecule has 0 spiro atoms. The summed E-state index contributed by atoms with van der Waals surface area (Å²) in [5, 5.41) is 7.57. The number of aromatic nitrogens is 1. The second-order valence-corrected chi connectivity index (χ2v) is 6.52. The maximum atomic E-state index is 12.2. The second kappa shape index (κ2) is 5.80. The van der Waals surface area contributed by atoms with Gasteiger partial charge in [0.1, 0.15) is 5.69 Å². The van der Waals surface area contributed by atoms with Crippen molar-refractivity contribution in [1.82, 2.24) is 10.3 Å². The van der Waals surface area contributed by atoms with Crippen LogP contribution in [0.25, 0.3) is 22.0 Å². The fraction of sp³-hybridized carbons (Fsp3) is 0.250. The van der Waals surface area contributed by atoms with Gasteiger partial charge in [-0.3, -0.25) is 4.79 Å². The largest absolute Gasteiger partial charge is 0.380 e. The molecule has 24 heavy (non-hydrogen) atoms. The predicted octanol–water partition coefficient (Wildman–Crippen LogP) is 3.44. The number of aromatic amines is 1. The summed E-state index contributed by atoms with van der Waals surface area (Å²) in [6.07, 6.45) is 0. The fourth-order valence-corrected chi connectivity index (χ4v) is 3.61. The van der Waals surface area contributed by atoms with Gasteiger partial charge >= 0.3 is 0 Å². The molecule has 1 atom stereocenters. The van der Waals surface area contributed by atoms with Crippen LogP contribution in [-0.4, -0.2) is 18.6 Å². The van der Waals surface area contributed by atoms with Crippen LogP contribution in [0.5, 0.6) is 0 Å². The number of pyridine rings is 1. The van der Waals surface area contributed by atoms with Gasteiger partial charge < -0.3 is 15.6 Å². The lowest BCUT2D eigenvalue weighted by Gasteiger charge is -2.11. The van der Waals surface area contributed by atoms with E-state index in [-0.39, 0.29) is 5.56 Å². The summed E-state index contributed by atoms with van der Waals surface area (Å²) in [6, 6.07) is 14.9. The van der Waals surface area contributed by atoms with E-state index in [1.807, 2.05) is 13.1 Å². The van der Waals surface area contributed by atoms with Crippen molar-refractivity contribution in [2.75, 3.05) is 18.9 Å². The molecule has 0 fully saturated rings. The first-order chi connectivity index (χ1) is 11.7. The van der Waals surface area contributed by atoms with Gasteiger partial charge in [0.2, 0.25) is 0 Å². The van der Waals surface area contributed by atoms with E-state index < -0.39 is 0 Å². The molecule has 3 aromatic rings. The highest BCUT2D eigenvalue weighted by Gasteiger charge is 2.24. The Labute approximate surface area is 140 Å². The Bertz CT molecular complexity index is 974. The molecule has 0 amide bonds. The van der Waals surface area contributed by atoms with Gasteiger partial charge in [-0.15, -0.1) is 0 Å². The third-order valence-electron chi connectivity index (χ3n) is 4.77. The van der Waals surface area contributed by atoms with E-state index in [4.69, 9.17) is 0 Å². The van der Waals surface area contributed by atoms with Crippen molar-refractivity contribution >= 4 is 16.6 Å². The Morgan fingerprint density at radius 3 is 2.83 bits per heavy atom. The summed E-state index contributed by atoms with van der Waals surface area (Å²) < 4.78 is 0. The molecular formula is C20H21N3O. The molecule has 4 heteroatoms. The molecule has 122 valence electrons. The molecule has 0 radical (unpaired) electrons. The van der Waals surface area contributed by atoms with Gasteiger partial charge in [0.05, 0.1) is 0 Å². The first-order valence-electron chi connectivity index (χ1n) is 8.35. The number of anilines is 1. The average Bonchev–Trinajstić information content (AvgIpc) is 2.98. The van der Waals surface area contributed by atoms with Crippen molar-refractivity contribution in [1.29, 1.82) is 0 Å². The molecular weight excluding hydrogens is 298 g/mol. The van der Waals surface area contributed by atoms with Crippen LogP contribution in [0, 0.1) is 0 Å². The normalized spacial score (nSPS) is 16.2. The van der Waals surface area contributed by atoms with Crippen molar-refractivity contribution in [3.05, 3.63) is 63.9 Å². The van der Waals surface area contributed by atoms with Gasteiger partial charge in [-0.2, -0.15) is 0 Å². The van der Waals surface area contributed by atoms with Gasteiger partial charge in [-0.25, -0.2) is 0 Å². The van der Waals surface area contributed by atoms with E-state index in [0.29, 0.717) is 5.92 Å². The molecule has 0 saturated heterocycles. The zero-order chi connectivity index (χ0) is 16.7. The van der Waals surface area contributed by atoms with Crippen LogP contribution in [0.3, 0.4) is 0 Å². The molecule has 1 unspecified atom stereocenters. The van der Waals surface area contributed by atoms with Crippen LogP contribution in [0.1, 0.15) is 24.0 Å². The van der Waals surface area contributed by atoms with E-state index >= 15 is 0 Å². The van der Waals surface area contributed by atoms with Crippen LogP contribution >= 0.6 is 0 Å². The predicted molar refractivity (Wildman–Crippen MR) is 99.7 cm³/mol. The van der Waals surface area contributed by atoms with Gasteiger partial charge in [-0.05, 0) is 47.5 Å². The number of rotatable bonds is 3. The fourth-order valence-electron chi connectivity index (χ4n) is 3.61. The van der Waals surface area contributed by atoms with Crippen molar-refractivity contribution in [2.45, 2.75) is 19.4 Å². The highest BCUT2D eigenvalue weighted by atomic mass is 16.1. The summed E-state index contributed by atoms with van der Waals surface area (Å²) in [5.41, 5.74) is 6.39. The summed E-state index contributed by atoms with van der Waals surface area (Å²) in [6.45, 7) is 3.84. The van der Waals surface area contributed by atoms with E-state index in [1.54, 1.807) is 0 Å². The lowest BCUT2D eigenvalue weighted by Crippen LogP contribution is -2.11. The Morgan fingerprint density at radius 2 is 2.00 bits per heavy atom. The standard InChI is InChI=1S/C20H21N3O/c1-12-10-22-19-18(12)16-9-15(6-7-17(16)23-20(19)24)14-5-3-4-13(8-14)11-21-2/h3-9,12,21-22H,10-11H2,1-2H3,(H,23,24). The Balaban J connectivity index is 1.90. The molecule has 0 bridgehead atoms. The highest BCUT2D eigenvalue weighted by Crippen LogP contribution is 2.35. The van der Waals surface area contributed by atoms with E-state index in [0.717, 1.165) is 35.2 Å². The number of nitrogens with one attached hydrogen (secondary N) is 3. The van der Waals surface area contributed by atoms with Crippen molar-refractivity contribution in [2.24, 2.45) is 0 Å². The lowest BCUT2D eigenvalue weighted by atomic mass is 9.95. The first kappa shape index (κ1) is 15.0. The zero-order valence-corrected chi connectivity index (χ0v) is 13.9. The highest BCUT2D eigenvalue weighted by molar-refractivity contribution is 5.91. The van der Waals surface area contributed by atoms with Crippen LogP contribution in [0.2, 0.25) is 0 Å². The minimum Gasteiger partial charge on any atom is -0.380 e. The van der Waals surface area contributed by atoms with Crippen LogP contribution in [0.15, 0.2) is 47.3 Å². The molecule has 2 heterocycles. The lowest BCUT2D eigenvalue weighted by molar-refractivity contribution is 0.818. The number of benzene rings is 2. The quantitative estimate of drug-likeness (QED) is 0.693. The van der Waals surface area contributed by atoms with Crippen LogP contribution in [0.4, 0.5) is 5.69 Å². The Hall–Kier alpha value is -2.59. The molecule has 0 aliphatic carbocycles. The molecule has 1 aliphatic heterocycles. The second-order valence-electron chi connectivity index (χ2n) is 6.52. The van der Waals surface area contributed by atoms with E-state index in [2.05, 4.69) is 58.9 Å². The molecule has 4 rings (SSSR count). The van der Waals surface area contributed by atoms with Crippen molar-refractivity contribution < 1.29 is 0 Å². The topological polar surface area (TPSA) is 56.9 Å². The monoisotopic (exact) mass is 319 g/mol. The number of hydrogen-bond acceptors (Lipinski definition) is 3. The van der Waals surface area contributed by atoms with Gasteiger partial charge in [0.15, 0.2) is 0 Å². The van der Waals surface area contributed by atoms with Gasteiger partial charge in [0.25, 0.3) is 5.56 Å². The van der Waals surface area contributed by atoms with Gasteiger partial charge in [-0.1, -0.05) is 31.2 Å². The van der Waals surface area contributed by atoms with Gasteiger partial charge in [0, 0.05) is 29.9 Å². The van der Waals surface area contributed by atoms with Crippen LogP contribution in [-0.2, 0) is 6.54 Å². The summed E-state index contributed by atoms with van der Waals surface area (Å²) in [5.74, 6) is 0.343. The van der Waals surface area contributed by atoms with Crippen molar-refractivity contribution in [3.63, 3.8) is 0 Å². The molecule has 0 saturated carbocycles. The number of H-pyrrole nitrogens is 1. The molecule has 1 aliphatic rings. The average molecular weight is 319 g/mol. The molecule has 1 aromatic heterocycles. The molecule has 4 nitrogen and oxygen atoms in total. The third-order valence-corrected chi connectivity index (χ3v) is 4.77. The minimum absolute atomic E-state index is 0.0226. The van der Waals surface area contributed by atoms with Crippen LogP contribution < -0.4 is 16.2 Å². The van der Waals surface area contributed by atoms with E-state index in [9.17, 15) is 4.79 Å². The Morgan fingerprint density at radius 1 is 1.17 bits per heavy atom. The zero-order valence-electron chi connectivity index (χ0n) is 13.9. The first-order valence-corrected chi connectivity index (χ1v) is 8.35. The minimum atomic E-state index is -0.0226. The smallest absolute Gasteiger partial charge is 0.272 e. The molecule has 3 N–H and O–H groups in total. The third kappa shape index (κ3) is 2.39. The maximum Gasteiger partial charge on any atom is 0.272 e. The summed E-state index contributed by atoms with van der Waals surface area (Å²) >= 11 is 0. The van der Waals surface area contributed by atoms with E-state index in [1.165, 1.54) is 16.7 Å². The summed E-state index contributed by atoms with van der Waals surface area (Å²) in [7, 11) is 1.96. The number of hydrogen-bond donors (Lipinski definition) is 3. The number of fused-ring (bicyclic) bond motifs is 3. The van der Waals surface area contributed by atoms with Crippen molar-refractivity contribution in [3.8, 4) is 11.1 Å². The summed E-state index contributed by atoms with van der Waals surface area (Å²) in [4.78, 5) is 15.2. The Kier molecular flexibility index (Phi) is 3.62. The SMILES string of the molecule is CNCc1cccc(-c2ccc3[nH]c(=O)c4c(c3c2)C(C)CN4)c1.